The van der Waals surface area contributed by atoms with Crippen molar-refractivity contribution < 1.29 is 0 Å². The summed E-state index contributed by atoms with van der Waals surface area (Å²) in [7, 11) is 0. The second kappa shape index (κ2) is 5.66. The molecule has 104 valence electrons. The van der Waals surface area contributed by atoms with Gasteiger partial charge < -0.3 is 5.73 Å². The minimum Gasteiger partial charge on any atom is -0.330 e. The summed E-state index contributed by atoms with van der Waals surface area (Å²) >= 11 is 0. The number of rotatable bonds is 3. The molecule has 0 spiro atoms. The predicted octanol–water partition coefficient (Wildman–Crippen LogP) is 4.43. The van der Waals surface area contributed by atoms with E-state index >= 15 is 0 Å². The summed E-state index contributed by atoms with van der Waals surface area (Å²) in [6.07, 6.45) is 8.20. The van der Waals surface area contributed by atoms with E-state index in [1.807, 2.05) is 0 Å². The molecule has 3 rings (SSSR count). The maximum absolute atomic E-state index is 5.99. The van der Waals surface area contributed by atoms with Crippen LogP contribution in [0.3, 0.4) is 0 Å². The topological polar surface area (TPSA) is 26.0 Å². The fourth-order valence-electron chi connectivity index (χ4n) is 3.89. The molecule has 3 unspecified atom stereocenters. The molecule has 1 aromatic carbocycles. The van der Waals surface area contributed by atoms with Crippen LogP contribution in [0.2, 0.25) is 0 Å². The minimum atomic E-state index is 0.698. The fraction of sp³-hybridized carbons (Fsp3) is 0.667. The molecule has 0 radical (unpaired) electrons. The molecule has 2 aliphatic carbocycles. The van der Waals surface area contributed by atoms with Crippen LogP contribution in [0.4, 0.5) is 0 Å². The van der Waals surface area contributed by atoms with Crippen molar-refractivity contribution in [1.29, 1.82) is 0 Å². The highest BCUT2D eigenvalue weighted by molar-refractivity contribution is 5.29. The molecule has 0 aliphatic heterocycles. The van der Waals surface area contributed by atoms with Gasteiger partial charge in [-0.25, -0.2) is 0 Å². The van der Waals surface area contributed by atoms with Crippen molar-refractivity contribution in [3.63, 3.8) is 0 Å². The van der Waals surface area contributed by atoms with E-state index in [4.69, 9.17) is 5.73 Å². The second-order valence-corrected chi connectivity index (χ2v) is 6.81. The Morgan fingerprint density at radius 2 is 1.68 bits per heavy atom. The molecule has 0 bridgehead atoms. The van der Waals surface area contributed by atoms with Gasteiger partial charge in [-0.05, 0) is 67.0 Å². The first kappa shape index (κ1) is 13.2. The smallest absolute Gasteiger partial charge is 0.00430 e. The summed E-state index contributed by atoms with van der Waals surface area (Å²) in [5.74, 6) is 3.11. The van der Waals surface area contributed by atoms with Crippen LogP contribution in [-0.4, -0.2) is 6.54 Å². The van der Waals surface area contributed by atoms with Gasteiger partial charge in [0.05, 0.1) is 0 Å². The molecule has 19 heavy (non-hydrogen) atoms. The van der Waals surface area contributed by atoms with Crippen LogP contribution < -0.4 is 5.73 Å². The van der Waals surface area contributed by atoms with E-state index in [1.165, 1.54) is 44.1 Å². The fourth-order valence-corrected chi connectivity index (χ4v) is 3.89. The van der Waals surface area contributed by atoms with Gasteiger partial charge in [0.25, 0.3) is 0 Å². The van der Waals surface area contributed by atoms with Crippen LogP contribution in [-0.2, 0) is 0 Å². The standard InChI is InChI=1S/C18H27N/c1-13-5-6-17(12-19)18(11-13)16-9-7-15(8-10-16)14-3-2-4-14/h7-10,13-14,17-18H,2-6,11-12,19H2,1H3. The van der Waals surface area contributed by atoms with E-state index in [-0.39, 0.29) is 0 Å². The van der Waals surface area contributed by atoms with Gasteiger partial charge in [-0.1, -0.05) is 44.0 Å². The quantitative estimate of drug-likeness (QED) is 0.851. The maximum Gasteiger partial charge on any atom is -0.00430 e. The van der Waals surface area contributed by atoms with Crippen molar-refractivity contribution in [2.24, 2.45) is 17.6 Å². The third-order valence-corrected chi connectivity index (χ3v) is 5.50. The normalized spacial score (nSPS) is 32.0. The van der Waals surface area contributed by atoms with Crippen molar-refractivity contribution in [1.82, 2.24) is 0 Å². The number of hydrogen-bond donors (Lipinski definition) is 1. The van der Waals surface area contributed by atoms with Crippen molar-refractivity contribution in [3.8, 4) is 0 Å². The Bertz CT molecular complexity index is 404. The lowest BCUT2D eigenvalue weighted by Gasteiger charge is -2.35. The van der Waals surface area contributed by atoms with E-state index in [9.17, 15) is 0 Å². The van der Waals surface area contributed by atoms with Crippen LogP contribution in [0.1, 0.15) is 68.4 Å². The summed E-state index contributed by atoms with van der Waals surface area (Å²) in [5.41, 5.74) is 9.08. The number of hydrogen-bond acceptors (Lipinski definition) is 1. The molecule has 2 saturated carbocycles. The van der Waals surface area contributed by atoms with Crippen molar-refractivity contribution in [3.05, 3.63) is 35.4 Å². The molecule has 0 heterocycles. The molecule has 0 aromatic heterocycles. The van der Waals surface area contributed by atoms with Crippen LogP contribution in [0, 0.1) is 11.8 Å². The molecule has 0 saturated heterocycles. The highest BCUT2D eigenvalue weighted by Crippen LogP contribution is 2.41. The predicted molar refractivity (Wildman–Crippen MR) is 81.3 cm³/mol. The van der Waals surface area contributed by atoms with Crippen molar-refractivity contribution in [2.75, 3.05) is 6.54 Å². The summed E-state index contributed by atoms with van der Waals surface area (Å²) < 4.78 is 0. The molecular formula is C18H27N. The first-order valence-corrected chi connectivity index (χ1v) is 8.08. The lowest BCUT2D eigenvalue weighted by atomic mass is 9.71. The minimum absolute atomic E-state index is 0.698. The first-order chi connectivity index (χ1) is 9.28. The molecule has 3 atom stereocenters. The van der Waals surface area contributed by atoms with Crippen LogP contribution in [0.5, 0.6) is 0 Å². The molecule has 0 amide bonds. The van der Waals surface area contributed by atoms with E-state index in [0.717, 1.165) is 18.4 Å². The van der Waals surface area contributed by atoms with Gasteiger partial charge in [0.15, 0.2) is 0 Å². The first-order valence-electron chi connectivity index (χ1n) is 8.08. The zero-order valence-corrected chi connectivity index (χ0v) is 12.1. The van der Waals surface area contributed by atoms with Gasteiger partial charge in [-0.3, -0.25) is 0 Å². The van der Waals surface area contributed by atoms with E-state index in [0.29, 0.717) is 11.8 Å². The Hall–Kier alpha value is -0.820. The maximum atomic E-state index is 5.99. The Labute approximate surface area is 117 Å². The zero-order valence-electron chi connectivity index (χ0n) is 12.1. The van der Waals surface area contributed by atoms with Crippen LogP contribution >= 0.6 is 0 Å². The highest BCUT2D eigenvalue weighted by Gasteiger charge is 2.29. The average Bonchev–Trinajstić information content (AvgIpc) is 2.37. The van der Waals surface area contributed by atoms with Crippen LogP contribution in [0.15, 0.2) is 24.3 Å². The second-order valence-electron chi connectivity index (χ2n) is 6.81. The Morgan fingerprint density at radius 3 is 2.26 bits per heavy atom. The SMILES string of the molecule is CC1CCC(CN)C(c2ccc(C3CCC3)cc2)C1. The molecule has 1 aromatic rings. The third kappa shape index (κ3) is 2.72. The lowest BCUT2D eigenvalue weighted by Crippen LogP contribution is -2.28. The third-order valence-electron chi connectivity index (χ3n) is 5.50. The summed E-state index contributed by atoms with van der Waals surface area (Å²) in [6, 6.07) is 9.54. The van der Waals surface area contributed by atoms with Crippen molar-refractivity contribution in [2.45, 2.75) is 57.3 Å². The molecule has 1 heteroatoms. The van der Waals surface area contributed by atoms with Gasteiger partial charge in [-0.2, -0.15) is 0 Å². The Kier molecular flexibility index (Phi) is 3.93. The largest absolute Gasteiger partial charge is 0.330 e. The van der Waals surface area contributed by atoms with Gasteiger partial charge in [0.1, 0.15) is 0 Å². The van der Waals surface area contributed by atoms with E-state index < -0.39 is 0 Å². The summed E-state index contributed by atoms with van der Waals surface area (Å²) in [6.45, 7) is 3.24. The Morgan fingerprint density at radius 1 is 1.00 bits per heavy atom. The van der Waals surface area contributed by atoms with Gasteiger partial charge in [0, 0.05) is 0 Å². The highest BCUT2D eigenvalue weighted by atomic mass is 14.6. The Balaban J connectivity index is 1.75. The van der Waals surface area contributed by atoms with Crippen molar-refractivity contribution >= 4 is 0 Å². The molecular weight excluding hydrogens is 230 g/mol. The van der Waals surface area contributed by atoms with Gasteiger partial charge in [0.2, 0.25) is 0 Å². The molecule has 2 aliphatic rings. The van der Waals surface area contributed by atoms with Gasteiger partial charge in [-0.15, -0.1) is 0 Å². The van der Waals surface area contributed by atoms with E-state index in [2.05, 4.69) is 31.2 Å². The number of nitrogens with two attached hydrogens (primary N) is 1. The molecule has 2 N–H and O–H groups in total. The average molecular weight is 257 g/mol. The zero-order chi connectivity index (χ0) is 13.2. The summed E-state index contributed by atoms with van der Waals surface area (Å²) in [4.78, 5) is 0. The number of benzene rings is 1. The van der Waals surface area contributed by atoms with Gasteiger partial charge >= 0.3 is 0 Å². The van der Waals surface area contributed by atoms with Crippen LogP contribution in [0.25, 0.3) is 0 Å². The van der Waals surface area contributed by atoms with E-state index in [1.54, 1.807) is 5.56 Å². The molecule has 2 fully saturated rings. The molecule has 1 nitrogen and oxygen atoms in total. The lowest BCUT2D eigenvalue weighted by molar-refractivity contribution is 0.253. The summed E-state index contributed by atoms with van der Waals surface area (Å²) in [5, 5.41) is 0. The monoisotopic (exact) mass is 257 g/mol.